The van der Waals surface area contributed by atoms with E-state index >= 15 is 0 Å². The molecule has 0 amide bonds. The van der Waals surface area contributed by atoms with Crippen molar-refractivity contribution in [2.45, 2.75) is 199 Å². The number of rotatable bonds is 14. The Morgan fingerprint density at radius 1 is 1.01 bits per heavy atom. The maximum Gasteiger partial charge on any atom is 0.311 e. The van der Waals surface area contributed by atoms with Crippen LogP contribution < -0.4 is 0 Å². The van der Waals surface area contributed by atoms with Gasteiger partial charge in [-0.1, -0.05) is 56.8 Å². The minimum Gasteiger partial charge on any atom is -0.459 e. The lowest BCUT2D eigenvalue weighted by Crippen LogP contribution is -2.62. The highest BCUT2D eigenvalue weighted by molar-refractivity contribution is 5.88. The summed E-state index contributed by atoms with van der Waals surface area (Å²) >= 11 is 0. The van der Waals surface area contributed by atoms with Gasteiger partial charge in [0.15, 0.2) is 12.6 Å². The van der Waals surface area contributed by atoms with Gasteiger partial charge in [0.05, 0.1) is 77.2 Å². The summed E-state index contributed by atoms with van der Waals surface area (Å²) in [5, 5.41) is 70.5. The number of aliphatic hydroxyl groups is 3. The number of oxime groups is 1. The molecule has 410 valence electrons. The lowest BCUT2D eigenvalue weighted by molar-refractivity contribution is -0.384. The molecule has 73 heavy (non-hydrogen) atoms. The van der Waals surface area contributed by atoms with E-state index in [1.54, 1.807) is 58.4 Å². The Morgan fingerprint density at radius 2 is 1.71 bits per heavy atom. The van der Waals surface area contributed by atoms with Crippen LogP contribution in [0.15, 0.2) is 47.8 Å². The van der Waals surface area contributed by atoms with Crippen molar-refractivity contribution in [3.8, 4) is 0 Å². The van der Waals surface area contributed by atoms with E-state index in [4.69, 9.17) is 37.9 Å². The highest BCUT2D eigenvalue weighted by Gasteiger charge is 2.55. The first-order valence-electron chi connectivity index (χ1n) is 25.8. The maximum absolute atomic E-state index is 14.7. The number of likely N-dealkylation sites (N-methyl/N-ethyl adjacent to an activating group) is 1. The van der Waals surface area contributed by atoms with Gasteiger partial charge in [-0.3, -0.25) is 19.6 Å². The molecule has 5 heterocycles. The molecule has 0 radical (unpaired) electrons. The van der Waals surface area contributed by atoms with Crippen LogP contribution in [-0.4, -0.2) is 175 Å². The average Bonchev–Trinajstić information content (AvgIpc) is 3.81. The molecule has 21 heteroatoms. The van der Waals surface area contributed by atoms with Crippen molar-refractivity contribution in [3.63, 3.8) is 0 Å². The number of nitrogens with zero attached hydrogens (tertiary/aromatic N) is 6. The Hall–Kier alpha value is -4.00. The molecule has 21 nitrogen and oxygen atoms in total. The van der Waals surface area contributed by atoms with Crippen molar-refractivity contribution in [2.75, 3.05) is 33.9 Å². The van der Waals surface area contributed by atoms with Gasteiger partial charge in [0.2, 0.25) is 0 Å². The standard InChI is InChI=1S/C52H82N6O15/c1-14-40-52(11,62)47-32(5)42(54-63)30(3)24-51(10,68-28-29(2)27-67-47)46(33(6)44(34(7)48(61)71-40)72-41-25-50(9,66-13)45(60)35(8)70-41)73-49-43(59)39(23-31(4)69-49)56(12)21-20-37-26-57(55-53-37)22-19-36-15-17-38(18-16-36)58(64)65/h15-18,26,30-35,39-41,43-47,49,59-60,62-63H,2,14,19-25,27-28H2,1,3-13H3/b54-42+/t30-,31-,32+,33?,34-,35+,39+,40-,41?,43-,44+,45+,46-,47-,49?,50-,51-,52-/m1/s1. The molecular formula is C52H82N6O15. The summed E-state index contributed by atoms with van der Waals surface area (Å²) in [5.74, 6) is -3.72. The number of aromatic nitrogens is 3. The van der Waals surface area contributed by atoms with Crippen LogP contribution in [0.25, 0.3) is 0 Å². The molecule has 0 aliphatic carbocycles. The summed E-state index contributed by atoms with van der Waals surface area (Å²) in [6, 6.07) is 5.99. The van der Waals surface area contributed by atoms with Gasteiger partial charge >= 0.3 is 5.97 Å². The van der Waals surface area contributed by atoms with Gasteiger partial charge < -0.3 is 63.3 Å². The number of methoxy groups -OCH3 is 1. The van der Waals surface area contributed by atoms with Gasteiger partial charge in [0.1, 0.15) is 23.9 Å². The highest BCUT2D eigenvalue weighted by Crippen LogP contribution is 2.43. The number of hydrogen-bond acceptors (Lipinski definition) is 19. The highest BCUT2D eigenvalue weighted by atomic mass is 16.7. The quantitative estimate of drug-likeness (QED) is 0.0636. The van der Waals surface area contributed by atoms with Crippen LogP contribution in [0.1, 0.15) is 106 Å². The predicted octanol–water partition coefficient (Wildman–Crippen LogP) is 5.02. The van der Waals surface area contributed by atoms with Crippen LogP contribution >= 0.6 is 0 Å². The summed E-state index contributed by atoms with van der Waals surface area (Å²) < 4.78 is 54.3. The minimum atomic E-state index is -1.79. The smallest absolute Gasteiger partial charge is 0.311 e. The second-order valence-corrected chi connectivity index (χ2v) is 21.8. The zero-order valence-corrected chi connectivity index (χ0v) is 44.8. The zero-order valence-electron chi connectivity index (χ0n) is 44.8. The van der Waals surface area contributed by atoms with Gasteiger partial charge in [-0.05, 0) is 85.4 Å². The van der Waals surface area contributed by atoms with Crippen molar-refractivity contribution in [1.82, 2.24) is 19.9 Å². The van der Waals surface area contributed by atoms with Crippen molar-refractivity contribution < 1.29 is 68.1 Å². The lowest BCUT2D eigenvalue weighted by atomic mass is 9.73. The van der Waals surface area contributed by atoms with Crippen molar-refractivity contribution in [3.05, 3.63) is 64.0 Å². The van der Waals surface area contributed by atoms with E-state index in [2.05, 4.69) is 26.9 Å². The van der Waals surface area contributed by atoms with E-state index in [-0.39, 0.29) is 44.3 Å². The zero-order chi connectivity index (χ0) is 53.7. The molecule has 3 unspecified atom stereocenters. The van der Waals surface area contributed by atoms with E-state index in [0.29, 0.717) is 43.6 Å². The number of cyclic esters (lactones) is 1. The fourth-order valence-corrected chi connectivity index (χ4v) is 11.5. The number of esters is 1. The molecule has 1 aromatic heterocycles. The number of carbonyl (C=O) groups excluding carboxylic acids is 1. The molecule has 4 aliphatic heterocycles. The van der Waals surface area contributed by atoms with Crippen LogP contribution in [-0.2, 0) is 62.1 Å². The molecule has 2 bridgehead atoms. The summed E-state index contributed by atoms with van der Waals surface area (Å²) in [6.07, 6.45) is -5.74. The first-order chi connectivity index (χ1) is 34.4. The number of ether oxygens (including phenoxy) is 8. The largest absolute Gasteiger partial charge is 0.459 e. The van der Waals surface area contributed by atoms with Gasteiger partial charge in [0, 0.05) is 75.2 Å². The van der Waals surface area contributed by atoms with E-state index in [9.17, 15) is 35.4 Å². The summed E-state index contributed by atoms with van der Waals surface area (Å²) in [4.78, 5) is 27.5. The number of carbonyl (C=O) groups is 1. The van der Waals surface area contributed by atoms with E-state index in [1.807, 2.05) is 40.9 Å². The van der Waals surface area contributed by atoms with Gasteiger partial charge in [-0.15, -0.1) is 5.10 Å². The molecule has 4 aliphatic rings. The molecule has 6 rings (SSSR count). The molecule has 4 fully saturated rings. The Kier molecular flexibility index (Phi) is 19.4. The van der Waals surface area contributed by atoms with E-state index in [0.717, 1.165) is 11.3 Å². The third kappa shape index (κ3) is 13.3. The number of fused-ring (bicyclic) bond motifs is 5. The first kappa shape index (κ1) is 58.3. The van der Waals surface area contributed by atoms with Crippen molar-refractivity contribution >= 4 is 17.4 Å². The SMILES string of the molecule is C=C1CO[C@@H]2[C@@H](C)/C(=N/O)[C@H](C)C[C@@](C)(OC1)[C@H](OC1O[C@H](C)C[C@H](N(C)CCc3cn(CCc4ccc([N+](=O)[O-])cc4)nn3)[C@H]1O)C(C)[C@H](OC1C[C@@](C)(OC)[C@@H](O)[C@H](C)O1)[C@@H](C)C(=O)O[C@H](CC)[C@@]2(C)O. The van der Waals surface area contributed by atoms with Crippen LogP contribution in [0.4, 0.5) is 5.69 Å². The summed E-state index contributed by atoms with van der Waals surface area (Å²) in [6.45, 7) is 23.2. The summed E-state index contributed by atoms with van der Waals surface area (Å²) in [5.41, 5.74) is -1.61. The molecule has 0 saturated carbocycles. The van der Waals surface area contributed by atoms with Crippen LogP contribution in [0.3, 0.4) is 0 Å². The third-order valence-electron chi connectivity index (χ3n) is 16.0. The Morgan fingerprint density at radius 3 is 2.36 bits per heavy atom. The maximum atomic E-state index is 14.7. The summed E-state index contributed by atoms with van der Waals surface area (Å²) in [7, 11) is 3.43. The average molecular weight is 1030 g/mol. The minimum absolute atomic E-state index is 0.0107. The van der Waals surface area contributed by atoms with Crippen LogP contribution in [0, 0.1) is 33.8 Å². The number of nitro groups is 1. The Bertz CT molecular complexity index is 2200. The number of aliphatic hydroxyl groups excluding tert-OH is 2. The molecule has 4 saturated heterocycles. The number of non-ortho nitro benzene ring substituents is 1. The normalized spacial score (nSPS) is 39.9. The predicted molar refractivity (Wildman–Crippen MR) is 267 cm³/mol. The van der Waals surface area contributed by atoms with E-state index in [1.165, 1.54) is 19.2 Å². The van der Waals surface area contributed by atoms with Crippen LogP contribution in [0.5, 0.6) is 0 Å². The second kappa shape index (κ2) is 24.3. The van der Waals surface area contributed by atoms with E-state index < -0.39 is 113 Å². The Labute approximate surface area is 429 Å². The van der Waals surface area contributed by atoms with Crippen molar-refractivity contribution in [1.29, 1.82) is 0 Å². The number of nitro benzene ring substituents is 1. The number of benzene rings is 1. The monoisotopic (exact) mass is 1030 g/mol. The van der Waals surface area contributed by atoms with Gasteiger partial charge in [0.25, 0.3) is 5.69 Å². The second-order valence-electron chi connectivity index (χ2n) is 21.8. The molecule has 1 aromatic carbocycles. The van der Waals surface area contributed by atoms with Crippen molar-refractivity contribution in [2.24, 2.45) is 28.8 Å². The third-order valence-corrected chi connectivity index (χ3v) is 16.0. The molecule has 0 spiro atoms. The van der Waals surface area contributed by atoms with Gasteiger partial charge in [-0.2, -0.15) is 0 Å². The fourth-order valence-electron chi connectivity index (χ4n) is 11.5. The number of hydrogen-bond donors (Lipinski definition) is 4. The fraction of sp³-hybridized carbons (Fsp3) is 0.769. The lowest BCUT2D eigenvalue weighted by Gasteiger charge is -2.50. The molecule has 18 atom stereocenters. The first-order valence-corrected chi connectivity index (χ1v) is 25.8. The molecule has 4 N–H and O–H groups in total. The van der Waals surface area contributed by atoms with Crippen LogP contribution in [0.2, 0.25) is 0 Å². The molecular weight excluding hydrogens is 949 g/mol. The number of aryl methyl sites for hydroxylation is 2. The topological polar surface area (TPSA) is 261 Å². The molecule has 2 aromatic rings. The van der Waals surface area contributed by atoms with Gasteiger partial charge in [-0.25, -0.2) is 0 Å². The Balaban J connectivity index is 1.34.